The Hall–Kier alpha value is -0.330. The number of fused-ring (bicyclic) bond motifs is 1. The van der Waals surface area contributed by atoms with Crippen molar-refractivity contribution in [1.82, 2.24) is 0 Å². The minimum absolute atomic E-state index is 0.517. The molecule has 2 fully saturated rings. The van der Waals surface area contributed by atoms with Gasteiger partial charge in [-0.3, -0.25) is 4.79 Å². The zero-order valence-corrected chi connectivity index (χ0v) is 8.10. The van der Waals surface area contributed by atoms with Crippen LogP contribution in [0.25, 0.3) is 0 Å². The number of hydrogen-bond donors (Lipinski definition) is 0. The first-order valence-electron chi connectivity index (χ1n) is 5.15. The Morgan fingerprint density at radius 1 is 1.33 bits per heavy atom. The molecule has 0 N–H and O–H groups in total. The Balaban J connectivity index is 2.06. The molecule has 0 heterocycles. The zero-order valence-electron chi connectivity index (χ0n) is 8.10. The lowest BCUT2D eigenvalue weighted by atomic mass is 9.83. The summed E-state index contributed by atoms with van der Waals surface area (Å²) in [6.45, 7) is 4.67. The van der Waals surface area contributed by atoms with Gasteiger partial charge in [0.1, 0.15) is 5.78 Å². The van der Waals surface area contributed by atoms with E-state index in [1.54, 1.807) is 0 Å². The van der Waals surface area contributed by atoms with Gasteiger partial charge in [-0.2, -0.15) is 0 Å². The summed E-state index contributed by atoms with van der Waals surface area (Å²) in [7, 11) is 0. The SMILES string of the molecule is CCC1(C)CC2CC(=O)CC2C1. The third-order valence-electron chi connectivity index (χ3n) is 4.01. The normalized spacial score (nSPS) is 46.7. The molecule has 0 bridgehead atoms. The number of rotatable bonds is 1. The molecule has 2 rings (SSSR count). The van der Waals surface area contributed by atoms with E-state index in [0.717, 1.165) is 24.7 Å². The lowest BCUT2D eigenvalue weighted by Crippen LogP contribution is -2.11. The van der Waals surface area contributed by atoms with Gasteiger partial charge in [-0.05, 0) is 30.1 Å². The molecule has 2 atom stereocenters. The van der Waals surface area contributed by atoms with E-state index >= 15 is 0 Å². The Labute approximate surface area is 74.5 Å². The molecular formula is C11H18O. The van der Waals surface area contributed by atoms with Gasteiger partial charge >= 0.3 is 0 Å². The highest BCUT2D eigenvalue weighted by Gasteiger charge is 2.45. The van der Waals surface area contributed by atoms with Crippen LogP contribution in [-0.4, -0.2) is 5.78 Å². The van der Waals surface area contributed by atoms with Gasteiger partial charge in [-0.25, -0.2) is 0 Å². The number of carbonyl (C=O) groups is 1. The fourth-order valence-electron chi connectivity index (χ4n) is 3.12. The van der Waals surface area contributed by atoms with Crippen LogP contribution in [0.2, 0.25) is 0 Å². The second-order valence-electron chi connectivity index (χ2n) is 5.04. The molecule has 2 aliphatic carbocycles. The van der Waals surface area contributed by atoms with E-state index < -0.39 is 0 Å². The van der Waals surface area contributed by atoms with Gasteiger partial charge in [0.2, 0.25) is 0 Å². The topological polar surface area (TPSA) is 17.1 Å². The van der Waals surface area contributed by atoms with Crippen LogP contribution in [0.5, 0.6) is 0 Å². The van der Waals surface area contributed by atoms with Gasteiger partial charge in [-0.15, -0.1) is 0 Å². The second kappa shape index (κ2) is 2.58. The van der Waals surface area contributed by atoms with Gasteiger partial charge in [0.25, 0.3) is 0 Å². The van der Waals surface area contributed by atoms with E-state index in [4.69, 9.17) is 0 Å². The fourth-order valence-corrected chi connectivity index (χ4v) is 3.12. The highest BCUT2D eigenvalue weighted by Crippen LogP contribution is 2.53. The van der Waals surface area contributed by atoms with Gasteiger partial charge < -0.3 is 0 Å². The number of ketones is 1. The molecule has 0 amide bonds. The molecule has 1 nitrogen and oxygen atoms in total. The van der Waals surface area contributed by atoms with Crippen molar-refractivity contribution in [2.75, 3.05) is 0 Å². The Morgan fingerprint density at radius 2 is 1.83 bits per heavy atom. The minimum Gasteiger partial charge on any atom is -0.300 e. The van der Waals surface area contributed by atoms with Crippen LogP contribution in [0.4, 0.5) is 0 Å². The Morgan fingerprint density at radius 3 is 2.25 bits per heavy atom. The van der Waals surface area contributed by atoms with E-state index in [9.17, 15) is 4.79 Å². The third-order valence-corrected chi connectivity index (χ3v) is 4.01. The van der Waals surface area contributed by atoms with Crippen LogP contribution in [0.3, 0.4) is 0 Å². The lowest BCUT2D eigenvalue weighted by molar-refractivity contribution is -0.118. The van der Waals surface area contributed by atoms with Crippen molar-refractivity contribution >= 4 is 5.78 Å². The smallest absolute Gasteiger partial charge is 0.133 e. The molecule has 0 aliphatic heterocycles. The summed E-state index contributed by atoms with van der Waals surface area (Å²) < 4.78 is 0. The number of carbonyl (C=O) groups excluding carboxylic acids is 1. The quantitative estimate of drug-likeness (QED) is 0.585. The first-order chi connectivity index (χ1) is 5.63. The molecule has 0 aromatic carbocycles. The molecule has 2 unspecified atom stereocenters. The van der Waals surface area contributed by atoms with Crippen LogP contribution < -0.4 is 0 Å². The summed E-state index contributed by atoms with van der Waals surface area (Å²) in [6.07, 6.45) is 5.68. The second-order valence-corrected chi connectivity index (χ2v) is 5.04. The average Bonchev–Trinajstić information content (AvgIpc) is 2.42. The maximum absolute atomic E-state index is 11.2. The van der Waals surface area contributed by atoms with E-state index in [1.165, 1.54) is 19.3 Å². The summed E-state index contributed by atoms with van der Waals surface area (Å²) in [4.78, 5) is 11.2. The van der Waals surface area contributed by atoms with Crippen LogP contribution >= 0.6 is 0 Å². The average molecular weight is 166 g/mol. The Kier molecular flexibility index (Phi) is 1.78. The standard InChI is InChI=1S/C11H18O/c1-3-11(2)6-8-4-10(12)5-9(8)7-11/h8-9H,3-7H2,1-2H3. The maximum Gasteiger partial charge on any atom is 0.133 e. The van der Waals surface area contributed by atoms with Crippen molar-refractivity contribution in [2.45, 2.75) is 46.0 Å². The van der Waals surface area contributed by atoms with E-state index in [-0.39, 0.29) is 0 Å². The first-order valence-corrected chi connectivity index (χ1v) is 5.15. The Bertz CT molecular complexity index is 191. The van der Waals surface area contributed by atoms with E-state index in [2.05, 4.69) is 13.8 Å². The number of Topliss-reactive ketones (excluding diaryl/α,β-unsaturated/α-hetero) is 1. The summed E-state index contributed by atoms with van der Waals surface area (Å²) in [5.74, 6) is 2.02. The van der Waals surface area contributed by atoms with Crippen molar-refractivity contribution in [1.29, 1.82) is 0 Å². The van der Waals surface area contributed by atoms with Gasteiger partial charge in [0.05, 0.1) is 0 Å². The van der Waals surface area contributed by atoms with Gasteiger partial charge in [-0.1, -0.05) is 20.3 Å². The molecule has 68 valence electrons. The van der Waals surface area contributed by atoms with Crippen molar-refractivity contribution in [3.05, 3.63) is 0 Å². The molecule has 1 heteroatoms. The molecule has 2 saturated carbocycles. The highest BCUT2D eigenvalue weighted by atomic mass is 16.1. The maximum atomic E-state index is 11.2. The predicted octanol–water partition coefficient (Wildman–Crippen LogP) is 2.79. The van der Waals surface area contributed by atoms with Crippen LogP contribution in [-0.2, 0) is 4.79 Å². The van der Waals surface area contributed by atoms with Crippen LogP contribution in [0.15, 0.2) is 0 Å². The minimum atomic E-state index is 0.517. The summed E-state index contributed by atoms with van der Waals surface area (Å²) >= 11 is 0. The molecule has 12 heavy (non-hydrogen) atoms. The molecule has 0 aromatic heterocycles. The van der Waals surface area contributed by atoms with Crippen LogP contribution in [0.1, 0.15) is 46.0 Å². The third kappa shape index (κ3) is 1.19. The largest absolute Gasteiger partial charge is 0.300 e. The highest BCUT2D eigenvalue weighted by molar-refractivity contribution is 5.81. The van der Waals surface area contributed by atoms with Crippen molar-refractivity contribution in [2.24, 2.45) is 17.3 Å². The lowest BCUT2D eigenvalue weighted by Gasteiger charge is -2.22. The molecule has 0 aromatic rings. The zero-order chi connectivity index (χ0) is 8.77. The van der Waals surface area contributed by atoms with Crippen LogP contribution in [0, 0.1) is 17.3 Å². The molecular weight excluding hydrogens is 148 g/mol. The number of hydrogen-bond acceptors (Lipinski definition) is 1. The van der Waals surface area contributed by atoms with Gasteiger partial charge in [0.15, 0.2) is 0 Å². The van der Waals surface area contributed by atoms with E-state index in [0.29, 0.717) is 11.2 Å². The van der Waals surface area contributed by atoms with Gasteiger partial charge in [0, 0.05) is 12.8 Å². The van der Waals surface area contributed by atoms with E-state index in [1.807, 2.05) is 0 Å². The van der Waals surface area contributed by atoms with Crippen molar-refractivity contribution in [3.63, 3.8) is 0 Å². The fraction of sp³-hybridized carbons (Fsp3) is 0.909. The summed E-state index contributed by atoms with van der Waals surface area (Å²) in [5.41, 5.74) is 0.566. The van der Waals surface area contributed by atoms with Crippen molar-refractivity contribution < 1.29 is 4.79 Å². The first kappa shape index (κ1) is 8.28. The predicted molar refractivity (Wildman–Crippen MR) is 48.9 cm³/mol. The molecule has 0 saturated heterocycles. The molecule has 2 aliphatic rings. The molecule has 0 radical (unpaired) electrons. The summed E-state index contributed by atoms with van der Waals surface area (Å²) in [5, 5.41) is 0. The molecule has 0 spiro atoms. The monoisotopic (exact) mass is 166 g/mol. The van der Waals surface area contributed by atoms with Crippen molar-refractivity contribution in [3.8, 4) is 0 Å². The summed E-state index contributed by atoms with van der Waals surface area (Å²) in [6, 6.07) is 0.